The summed E-state index contributed by atoms with van der Waals surface area (Å²) in [4.78, 5) is 48.1. The maximum Gasteiger partial charge on any atom is 0.328 e. The van der Waals surface area contributed by atoms with E-state index in [9.17, 15) is 29.6 Å². The molecule has 9 nitrogen and oxygen atoms in total. The number of allylic oxidation sites excluding steroid dienone is 1. The third-order valence-corrected chi connectivity index (χ3v) is 7.86. The highest BCUT2D eigenvalue weighted by molar-refractivity contribution is 5.84. The number of aliphatic hydroxyl groups is 1. The summed E-state index contributed by atoms with van der Waals surface area (Å²) in [5.74, 6) is 0.0170. The second kappa shape index (κ2) is 19.2. The summed E-state index contributed by atoms with van der Waals surface area (Å²) in [5.41, 5.74) is 0.595. The topological polar surface area (TPSA) is 136 Å². The first-order valence-electron chi connectivity index (χ1n) is 15.7. The predicted molar refractivity (Wildman–Crippen MR) is 162 cm³/mol. The lowest BCUT2D eigenvalue weighted by Crippen LogP contribution is -2.42. The number of carbonyl (C=O) groups excluding carboxylic acids is 3. The van der Waals surface area contributed by atoms with Gasteiger partial charge in [-0.3, -0.25) is 19.7 Å². The molecule has 1 amide bonds. The summed E-state index contributed by atoms with van der Waals surface area (Å²) < 4.78 is 5.40. The zero-order valence-electron chi connectivity index (χ0n) is 25.6. The lowest BCUT2D eigenvalue weighted by atomic mass is 9.89. The molecule has 2 N–H and O–H groups in total. The summed E-state index contributed by atoms with van der Waals surface area (Å²) >= 11 is 0. The Balaban J connectivity index is 1.70. The number of esters is 1. The van der Waals surface area contributed by atoms with Crippen LogP contribution in [0.4, 0.5) is 5.69 Å². The molecule has 0 bridgehead atoms. The molecule has 1 aromatic rings. The number of benzene rings is 1. The molecule has 4 atom stereocenters. The van der Waals surface area contributed by atoms with Gasteiger partial charge in [0.05, 0.1) is 11.0 Å². The standard InChI is InChI=1S/C33H50N2O7/c1-4-5-8-11-28(36)20-16-26-17-21-31(37)29(26)12-9-6-7-10-13-32(38)34-30(22-24(2)3)33(39)42-23-25-14-18-27(19-15-25)35(40)41/h14-16,18-20,24,26,28-30,36H,4-13,17,21-23H2,1-3H3,(H,34,38)/b20-16+/t26-,28-,29+,30-/m0/s1. The van der Waals surface area contributed by atoms with E-state index in [0.717, 1.165) is 57.8 Å². The van der Waals surface area contributed by atoms with Crippen molar-refractivity contribution in [1.82, 2.24) is 5.32 Å². The average Bonchev–Trinajstić information content (AvgIpc) is 3.30. The second-order valence-corrected chi connectivity index (χ2v) is 12.0. The number of non-ortho nitro benzene ring substituents is 1. The van der Waals surface area contributed by atoms with E-state index in [-0.39, 0.29) is 36.0 Å². The first-order chi connectivity index (χ1) is 20.1. The molecule has 1 fully saturated rings. The highest BCUT2D eigenvalue weighted by atomic mass is 16.6. The van der Waals surface area contributed by atoms with Crippen LogP contribution in [0.25, 0.3) is 0 Å². The number of nitro groups is 1. The maximum absolute atomic E-state index is 12.7. The van der Waals surface area contributed by atoms with Crippen molar-refractivity contribution >= 4 is 23.3 Å². The van der Waals surface area contributed by atoms with Crippen molar-refractivity contribution in [3.05, 3.63) is 52.1 Å². The number of nitrogens with one attached hydrogen (secondary N) is 1. The summed E-state index contributed by atoms with van der Waals surface area (Å²) in [7, 11) is 0. The molecule has 0 saturated heterocycles. The highest BCUT2D eigenvalue weighted by Gasteiger charge is 2.32. The monoisotopic (exact) mass is 586 g/mol. The zero-order valence-corrected chi connectivity index (χ0v) is 25.6. The Hall–Kier alpha value is -3.07. The molecular formula is C33H50N2O7. The largest absolute Gasteiger partial charge is 0.459 e. The fourth-order valence-corrected chi connectivity index (χ4v) is 5.43. The number of carbonyl (C=O) groups is 3. The molecule has 0 radical (unpaired) electrons. The summed E-state index contributed by atoms with van der Waals surface area (Å²) in [5, 5.41) is 23.8. The maximum atomic E-state index is 12.7. The van der Waals surface area contributed by atoms with Crippen molar-refractivity contribution in [2.24, 2.45) is 17.8 Å². The van der Waals surface area contributed by atoms with E-state index < -0.39 is 23.0 Å². The first kappa shape index (κ1) is 35.1. The predicted octanol–water partition coefficient (Wildman–Crippen LogP) is 6.60. The normalized spacial score (nSPS) is 18.4. The minimum Gasteiger partial charge on any atom is -0.459 e. The van der Waals surface area contributed by atoms with Crippen LogP contribution in [-0.4, -0.2) is 39.8 Å². The zero-order chi connectivity index (χ0) is 30.9. The van der Waals surface area contributed by atoms with Crippen LogP contribution >= 0.6 is 0 Å². The molecule has 234 valence electrons. The number of nitrogens with zero attached hydrogens (tertiary/aromatic N) is 1. The van der Waals surface area contributed by atoms with Crippen molar-refractivity contribution in [2.45, 2.75) is 123 Å². The Morgan fingerprint density at radius 2 is 1.83 bits per heavy atom. The number of amides is 1. The van der Waals surface area contributed by atoms with Gasteiger partial charge in [0, 0.05) is 30.9 Å². The molecule has 0 aromatic heterocycles. The molecule has 0 unspecified atom stereocenters. The van der Waals surface area contributed by atoms with Crippen LogP contribution in [0.15, 0.2) is 36.4 Å². The number of ether oxygens (including phenoxy) is 1. The molecule has 42 heavy (non-hydrogen) atoms. The number of nitro benzene ring substituents is 1. The Bertz CT molecular complexity index is 1020. The molecule has 0 heterocycles. The van der Waals surface area contributed by atoms with Crippen molar-refractivity contribution in [3.8, 4) is 0 Å². The highest BCUT2D eigenvalue weighted by Crippen LogP contribution is 2.34. The average molecular weight is 587 g/mol. The fraction of sp³-hybridized carbons (Fsp3) is 0.667. The fourth-order valence-electron chi connectivity index (χ4n) is 5.43. The molecule has 1 saturated carbocycles. The molecular weight excluding hydrogens is 536 g/mol. The van der Waals surface area contributed by atoms with Crippen LogP contribution in [0, 0.1) is 27.9 Å². The van der Waals surface area contributed by atoms with Crippen LogP contribution < -0.4 is 5.32 Å². The van der Waals surface area contributed by atoms with Gasteiger partial charge in [-0.25, -0.2) is 4.79 Å². The van der Waals surface area contributed by atoms with E-state index in [1.165, 1.54) is 12.1 Å². The van der Waals surface area contributed by atoms with E-state index in [0.29, 0.717) is 37.0 Å². The van der Waals surface area contributed by atoms with Crippen LogP contribution in [-0.2, 0) is 25.7 Å². The number of hydrogen-bond acceptors (Lipinski definition) is 7. The van der Waals surface area contributed by atoms with E-state index in [1.807, 2.05) is 19.9 Å². The molecule has 1 aliphatic carbocycles. The number of aliphatic hydroxyl groups excluding tert-OH is 1. The first-order valence-corrected chi connectivity index (χ1v) is 15.7. The van der Waals surface area contributed by atoms with Crippen LogP contribution in [0.2, 0.25) is 0 Å². The molecule has 1 aliphatic rings. The lowest BCUT2D eigenvalue weighted by Gasteiger charge is -2.19. The molecule has 1 aromatic carbocycles. The minimum absolute atomic E-state index is 0.0268. The number of rotatable bonds is 20. The van der Waals surface area contributed by atoms with Gasteiger partial charge in [0.15, 0.2) is 0 Å². The minimum atomic E-state index is -0.751. The van der Waals surface area contributed by atoms with E-state index in [4.69, 9.17) is 4.74 Å². The Morgan fingerprint density at radius 3 is 2.50 bits per heavy atom. The molecule has 0 spiro atoms. The third kappa shape index (κ3) is 13.3. The van der Waals surface area contributed by atoms with E-state index >= 15 is 0 Å². The number of ketones is 1. The van der Waals surface area contributed by atoms with Crippen molar-refractivity contribution in [3.63, 3.8) is 0 Å². The van der Waals surface area contributed by atoms with Crippen LogP contribution in [0.3, 0.4) is 0 Å². The van der Waals surface area contributed by atoms with Gasteiger partial charge in [-0.15, -0.1) is 0 Å². The number of Topliss-reactive ketones (excluding diaryl/α,β-unsaturated/α-hetero) is 1. The van der Waals surface area contributed by atoms with E-state index in [1.54, 1.807) is 12.1 Å². The van der Waals surface area contributed by atoms with Gasteiger partial charge in [0.2, 0.25) is 5.91 Å². The summed E-state index contributed by atoms with van der Waals surface area (Å²) in [6.45, 7) is 6.05. The second-order valence-electron chi connectivity index (χ2n) is 12.0. The molecule has 0 aliphatic heterocycles. The Kier molecular flexibility index (Phi) is 16.0. The van der Waals surface area contributed by atoms with Gasteiger partial charge in [-0.05, 0) is 61.6 Å². The Morgan fingerprint density at radius 1 is 1.12 bits per heavy atom. The van der Waals surface area contributed by atoms with E-state index in [2.05, 4.69) is 18.3 Å². The van der Waals surface area contributed by atoms with Gasteiger partial charge in [-0.2, -0.15) is 0 Å². The van der Waals surface area contributed by atoms with Gasteiger partial charge in [0.25, 0.3) is 5.69 Å². The van der Waals surface area contributed by atoms with Crippen molar-refractivity contribution in [1.29, 1.82) is 0 Å². The van der Waals surface area contributed by atoms with Gasteiger partial charge >= 0.3 is 5.97 Å². The quantitative estimate of drug-likeness (QED) is 0.0577. The van der Waals surface area contributed by atoms with Gasteiger partial charge < -0.3 is 15.2 Å². The molecule has 2 rings (SSSR count). The Labute approximate surface area is 250 Å². The summed E-state index contributed by atoms with van der Waals surface area (Å²) in [6, 6.07) is 5.06. The number of hydrogen-bond donors (Lipinski definition) is 2. The third-order valence-electron chi connectivity index (χ3n) is 7.86. The van der Waals surface area contributed by atoms with Crippen molar-refractivity contribution < 1.29 is 29.2 Å². The van der Waals surface area contributed by atoms with Crippen LogP contribution in [0.5, 0.6) is 0 Å². The van der Waals surface area contributed by atoms with Gasteiger partial charge in [-0.1, -0.05) is 71.4 Å². The molecule has 9 heteroatoms. The SMILES string of the molecule is CCCCC[C@H](O)/C=C/[C@H]1CCC(=O)[C@@H]1CCCCCCC(=O)N[C@@H](CC(C)C)C(=O)OCc1ccc([N+](=O)[O-])cc1. The number of unbranched alkanes of at least 4 members (excludes halogenated alkanes) is 5. The van der Waals surface area contributed by atoms with Crippen molar-refractivity contribution in [2.75, 3.05) is 0 Å². The van der Waals surface area contributed by atoms with Gasteiger partial charge in [0.1, 0.15) is 18.4 Å². The lowest BCUT2D eigenvalue weighted by molar-refractivity contribution is -0.384. The smallest absolute Gasteiger partial charge is 0.328 e. The summed E-state index contributed by atoms with van der Waals surface area (Å²) in [6.07, 6.45) is 14.0. The van der Waals surface area contributed by atoms with Crippen LogP contribution in [0.1, 0.15) is 110 Å².